The zero-order valence-corrected chi connectivity index (χ0v) is 17.7. The summed E-state index contributed by atoms with van der Waals surface area (Å²) in [5, 5.41) is 4.94. The predicted octanol–water partition coefficient (Wildman–Crippen LogP) is 2.25. The Kier molecular flexibility index (Phi) is 7.23. The van der Waals surface area contributed by atoms with Crippen molar-refractivity contribution in [3.05, 3.63) is 40.9 Å². The molecule has 1 aromatic carbocycles. The molecule has 9 nitrogen and oxygen atoms in total. The van der Waals surface area contributed by atoms with Gasteiger partial charge in [0.25, 0.3) is 5.91 Å². The van der Waals surface area contributed by atoms with Gasteiger partial charge in [0.2, 0.25) is 5.91 Å². The van der Waals surface area contributed by atoms with Gasteiger partial charge in [-0.15, -0.1) is 11.3 Å². The molecule has 10 heteroatoms. The van der Waals surface area contributed by atoms with Crippen LogP contribution in [0.15, 0.2) is 29.6 Å². The Bertz CT molecular complexity index is 891. The monoisotopic (exact) mass is 432 g/mol. The summed E-state index contributed by atoms with van der Waals surface area (Å²) in [4.78, 5) is 44.3. The molecular weight excluding hydrogens is 408 g/mol. The Labute approximate surface area is 178 Å². The van der Waals surface area contributed by atoms with Crippen molar-refractivity contribution in [1.82, 2.24) is 14.8 Å². The van der Waals surface area contributed by atoms with Crippen LogP contribution in [0.1, 0.15) is 23.0 Å². The van der Waals surface area contributed by atoms with Crippen molar-refractivity contribution in [2.75, 3.05) is 45.2 Å². The van der Waals surface area contributed by atoms with Crippen LogP contribution in [-0.2, 0) is 16.0 Å². The first-order valence-corrected chi connectivity index (χ1v) is 10.5. The minimum absolute atomic E-state index is 0.0585. The van der Waals surface area contributed by atoms with E-state index in [4.69, 9.17) is 9.47 Å². The summed E-state index contributed by atoms with van der Waals surface area (Å²) in [5.41, 5.74) is 1.09. The average Bonchev–Trinajstić information content (AvgIpc) is 3.20. The van der Waals surface area contributed by atoms with Gasteiger partial charge in [0.05, 0.1) is 25.8 Å². The molecule has 0 radical (unpaired) electrons. The zero-order chi connectivity index (χ0) is 21.5. The Balaban J connectivity index is 1.49. The fourth-order valence-corrected chi connectivity index (χ4v) is 3.68. The molecule has 0 unspecified atom stereocenters. The molecule has 0 aliphatic carbocycles. The molecule has 1 aliphatic heterocycles. The van der Waals surface area contributed by atoms with E-state index in [1.165, 1.54) is 11.3 Å². The molecule has 160 valence electrons. The lowest BCUT2D eigenvalue weighted by atomic mass is 10.2. The highest BCUT2D eigenvalue weighted by molar-refractivity contribution is 7.14. The van der Waals surface area contributed by atoms with Gasteiger partial charge in [0.1, 0.15) is 5.75 Å². The number of thiazole rings is 1. The number of aromatic nitrogens is 1. The van der Waals surface area contributed by atoms with Crippen LogP contribution < -0.4 is 10.1 Å². The van der Waals surface area contributed by atoms with E-state index >= 15 is 0 Å². The van der Waals surface area contributed by atoms with E-state index in [0.29, 0.717) is 54.9 Å². The van der Waals surface area contributed by atoms with E-state index < -0.39 is 0 Å². The van der Waals surface area contributed by atoms with Gasteiger partial charge in [-0.05, 0) is 31.2 Å². The summed E-state index contributed by atoms with van der Waals surface area (Å²) in [6.07, 6.45) is -0.199. The van der Waals surface area contributed by atoms with Crippen LogP contribution in [0.4, 0.5) is 9.93 Å². The van der Waals surface area contributed by atoms with Gasteiger partial charge >= 0.3 is 6.09 Å². The summed E-state index contributed by atoms with van der Waals surface area (Å²) < 4.78 is 10.1. The maximum Gasteiger partial charge on any atom is 0.409 e. The van der Waals surface area contributed by atoms with Gasteiger partial charge in [-0.2, -0.15) is 0 Å². The quantitative estimate of drug-likeness (QED) is 0.751. The maximum absolute atomic E-state index is 12.5. The number of amides is 3. The number of ether oxygens (including phenoxy) is 2. The van der Waals surface area contributed by atoms with E-state index in [0.717, 1.165) is 0 Å². The van der Waals surface area contributed by atoms with Crippen molar-refractivity contribution in [3.8, 4) is 5.75 Å². The van der Waals surface area contributed by atoms with Crippen molar-refractivity contribution in [2.24, 2.45) is 0 Å². The minimum Gasteiger partial charge on any atom is -0.497 e. The molecule has 1 N–H and O–H groups in total. The number of anilines is 1. The lowest BCUT2D eigenvalue weighted by molar-refractivity contribution is -0.132. The van der Waals surface area contributed by atoms with Crippen LogP contribution >= 0.6 is 11.3 Å². The molecule has 2 aromatic rings. The number of carbonyl (C=O) groups is 3. The number of nitrogens with zero attached hydrogens (tertiary/aromatic N) is 3. The molecule has 30 heavy (non-hydrogen) atoms. The minimum atomic E-state index is -0.346. The zero-order valence-electron chi connectivity index (χ0n) is 16.9. The largest absolute Gasteiger partial charge is 0.497 e. The highest BCUT2D eigenvalue weighted by Crippen LogP contribution is 2.19. The molecule has 0 saturated carbocycles. The number of hydrogen-bond acceptors (Lipinski definition) is 7. The molecule has 3 amide bonds. The molecule has 0 atom stereocenters. The molecular formula is C20H24N4O5S. The fraction of sp³-hybridized carbons (Fsp3) is 0.400. The summed E-state index contributed by atoms with van der Waals surface area (Å²) in [6.45, 7) is 3.92. The van der Waals surface area contributed by atoms with Crippen LogP contribution in [0.3, 0.4) is 0 Å². The second-order valence-corrected chi connectivity index (χ2v) is 7.43. The molecule has 1 saturated heterocycles. The third kappa shape index (κ3) is 5.47. The maximum atomic E-state index is 12.5. The van der Waals surface area contributed by atoms with Crippen LogP contribution in [0.5, 0.6) is 5.75 Å². The standard InChI is InChI=1S/C20H24N4O5S/c1-3-29-20(27)24-10-8-23(9-11-24)17(25)12-15-13-30-19(21-15)22-18(26)14-4-6-16(28-2)7-5-14/h4-7,13H,3,8-12H2,1-2H3,(H,21,22,26). The van der Waals surface area contributed by atoms with Crippen LogP contribution in [0.2, 0.25) is 0 Å². The predicted molar refractivity (Wildman–Crippen MR) is 112 cm³/mol. The number of carbonyl (C=O) groups excluding carboxylic acids is 3. The van der Waals surface area contributed by atoms with E-state index in [1.54, 1.807) is 53.5 Å². The highest BCUT2D eigenvalue weighted by atomic mass is 32.1. The van der Waals surface area contributed by atoms with Crippen molar-refractivity contribution >= 4 is 34.4 Å². The summed E-state index contributed by atoms with van der Waals surface area (Å²) in [6, 6.07) is 6.76. The Hall–Kier alpha value is -3.14. The van der Waals surface area contributed by atoms with Gasteiger partial charge in [-0.25, -0.2) is 9.78 Å². The second-order valence-electron chi connectivity index (χ2n) is 6.57. The molecule has 1 aliphatic rings. The number of nitrogens with one attached hydrogen (secondary N) is 1. The van der Waals surface area contributed by atoms with Crippen molar-refractivity contribution in [3.63, 3.8) is 0 Å². The van der Waals surface area contributed by atoms with Crippen LogP contribution in [0.25, 0.3) is 0 Å². The van der Waals surface area contributed by atoms with Gasteiger partial charge in [0, 0.05) is 37.1 Å². The Morgan fingerprint density at radius 1 is 1.10 bits per heavy atom. The molecule has 1 fully saturated rings. The first-order chi connectivity index (χ1) is 14.5. The molecule has 3 rings (SSSR count). The third-order valence-corrected chi connectivity index (χ3v) is 5.42. The first-order valence-electron chi connectivity index (χ1n) is 9.59. The SMILES string of the molecule is CCOC(=O)N1CCN(C(=O)Cc2csc(NC(=O)c3ccc(OC)cc3)n2)CC1. The lowest BCUT2D eigenvalue weighted by Gasteiger charge is -2.34. The average molecular weight is 433 g/mol. The molecule has 0 bridgehead atoms. The van der Waals surface area contributed by atoms with Gasteiger partial charge in [0.15, 0.2) is 5.13 Å². The van der Waals surface area contributed by atoms with Crippen molar-refractivity contribution in [2.45, 2.75) is 13.3 Å². The second kappa shape index (κ2) is 10.1. The van der Waals surface area contributed by atoms with E-state index in [1.807, 2.05) is 0 Å². The topological polar surface area (TPSA) is 101 Å². The van der Waals surface area contributed by atoms with Gasteiger partial charge in [-0.1, -0.05) is 0 Å². The number of benzene rings is 1. The van der Waals surface area contributed by atoms with E-state index in [-0.39, 0.29) is 24.3 Å². The highest BCUT2D eigenvalue weighted by Gasteiger charge is 2.25. The Morgan fingerprint density at radius 2 is 1.77 bits per heavy atom. The first kappa shape index (κ1) is 21.6. The number of rotatable bonds is 6. The van der Waals surface area contributed by atoms with Crippen molar-refractivity contribution < 1.29 is 23.9 Å². The number of piperazine rings is 1. The van der Waals surface area contributed by atoms with Gasteiger partial charge in [-0.3, -0.25) is 14.9 Å². The molecule has 0 spiro atoms. The van der Waals surface area contributed by atoms with E-state index in [9.17, 15) is 14.4 Å². The number of hydrogen-bond donors (Lipinski definition) is 1. The van der Waals surface area contributed by atoms with Gasteiger partial charge < -0.3 is 19.3 Å². The van der Waals surface area contributed by atoms with Crippen LogP contribution in [-0.4, -0.2) is 72.6 Å². The molecule has 2 heterocycles. The normalized spacial score (nSPS) is 13.7. The lowest BCUT2D eigenvalue weighted by Crippen LogP contribution is -2.51. The third-order valence-electron chi connectivity index (χ3n) is 4.62. The molecule has 1 aromatic heterocycles. The van der Waals surface area contributed by atoms with E-state index in [2.05, 4.69) is 10.3 Å². The smallest absolute Gasteiger partial charge is 0.409 e. The Morgan fingerprint density at radius 3 is 2.40 bits per heavy atom. The summed E-state index contributed by atoms with van der Waals surface area (Å²) in [7, 11) is 1.56. The summed E-state index contributed by atoms with van der Waals surface area (Å²) >= 11 is 1.27. The summed E-state index contributed by atoms with van der Waals surface area (Å²) in [5.74, 6) is 0.335. The fourth-order valence-electron chi connectivity index (χ4n) is 2.98. The number of methoxy groups -OCH3 is 1. The van der Waals surface area contributed by atoms with Crippen molar-refractivity contribution in [1.29, 1.82) is 0 Å². The van der Waals surface area contributed by atoms with Crippen LogP contribution in [0, 0.1) is 0 Å².